The molecule has 4 nitrogen and oxygen atoms in total. The van der Waals surface area contributed by atoms with Crippen molar-refractivity contribution >= 4 is 11.3 Å². The van der Waals surface area contributed by atoms with Crippen molar-refractivity contribution in [2.45, 2.75) is 19.5 Å². The van der Waals surface area contributed by atoms with Gasteiger partial charge in [0.15, 0.2) is 0 Å². The van der Waals surface area contributed by atoms with Crippen LogP contribution in [-0.2, 0) is 6.54 Å². The average Bonchev–Trinajstić information content (AvgIpc) is 2.90. The fourth-order valence-corrected chi connectivity index (χ4v) is 2.13. The molecule has 0 saturated heterocycles. The maximum Gasteiger partial charge on any atom is 0.213 e. The van der Waals surface area contributed by atoms with E-state index in [0.717, 1.165) is 17.8 Å². The highest BCUT2D eigenvalue weighted by molar-refractivity contribution is 7.07. The first-order valence-corrected chi connectivity index (χ1v) is 6.34. The number of nitrogens with one attached hydrogen (secondary N) is 1. The highest BCUT2D eigenvalue weighted by Gasteiger charge is 2.06. The zero-order valence-electron chi connectivity index (χ0n) is 9.88. The second kappa shape index (κ2) is 5.75. The quantitative estimate of drug-likeness (QED) is 0.884. The van der Waals surface area contributed by atoms with Crippen molar-refractivity contribution in [2.24, 2.45) is 0 Å². The Hall–Kier alpha value is -1.46. The van der Waals surface area contributed by atoms with Crippen molar-refractivity contribution in [3.8, 4) is 5.88 Å². The second-order valence-corrected chi connectivity index (χ2v) is 4.44. The first-order valence-electron chi connectivity index (χ1n) is 5.40. The first-order chi connectivity index (χ1) is 8.29. The number of ether oxygens (including phenoxy) is 1. The highest BCUT2D eigenvalue weighted by Crippen LogP contribution is 2.14. The molecular weight excluding hydrogens is 234 g/mol. The van der Waals surface area contributed by atoms with Gasteiger partial charge in [0, 0.05) is 30.2 Å². The van der Waals surface area contributed by atoms with E-state index in [4.69, 9.17) is 4.74 Å². The van der Waals surface area contributed by atoms with Crippen molar-refractivity contribution in [3.05, 3.63) is 40.5 Å². The lowest BCUT2D eigenvalue weighted by atomic mass is 10.2. The summed E-state index contributed by atoms with van der Waals surface area (Å²) in [5.41, 5.74) is 4.08. The van der Waals surface area contributed by atoms with Crippen LogP contribution in [0, 0.1) is 0 Å². The van der Waals surface area contributed by atoms with Crippen molar-refractivity contribution in [2.75, 3.05) is 7.11 Å². The molecule has 0 spiro atoms. The number of aromatic nitrogens is 2. The molecule has 1 N–H and O–H groups in total. The van der Waals surface area contributed by atoms with Crippen LogP contribution in [-0.4, -0.2) is 17.1 Å². The van der Waals surface area contributed by atoms with E-state index in [0.29, 0.717) is 5.88 Å². The lowest BCUT2D eigenvalue weighted by Gasteiger charge is -2.11. The number of nitrogens with zero attached hydrogens (tertiary/aromatic N) is 2. The molecule has 0 aliphatic rings. The standard InChI is InChI=1S/C12H15N3OS/c1-9(11-7-17-8-15-11)14-6-10-3-4-13-12(5-10)16-2/h3-5,7-9,14H,6H2,1-2H3. The van der Waals surface area contributed by atoms with Crippen LogP contribution in [0.4, 0.5) is 0 Å². The Bertz CT molecular complexity index is 459. The van der Waals surface area contributed by atoms with Crippen LogP contribution in [0.3, 0.4) is 0 Å². The summed E-state index contributed by atoms with van der Waals surface area (Å²) in [5, 5.41) is 5.47. The molecular formula is C12H15N3OS. The maximum absolute atomic E-state index is 5.08. The third-order valence-electron chi connectivity index (χ3n) is 2.52. The summed E-state index contributed by atoms with van der Waals surface area (Å²) in [5.74, 6) is 0.644. The van der Waals surface area contributed by atoms with E-state index < -0.39 is 0 Å². The fraction of sp³-hybridized carbons (Fsp3) is 0.333. The van der Waals surface area contributed by atoms with Gasteiger partial charge in [0.1, 0.15) is 0 Å². The molecule has 0 fully saturated rings. The van der Waals surface area contributed by atoms with Gasteiger partial charge in [0.2, 0.25) is 5.88 Å². The molecule has 90 valence electrons. The Morgan fingerprint density at radius 1 is 1.47 bits per heavy atom. The van der Waals surface area contributed by atoms with Gasteiger partial charge in [0.05, 0.1) is 18.3 Å². The van der Waals surface area contributed by atoms with Crippen LogP contribution in [0.15, 0.2) is 29.2 Å². The molecule has 5 heteroatoms. The van der Waals surface area contributed by atoms with E-state index in [1.165, 1.54) is 0 Å². The Balaban J connectivity index is 1.93. The van der Waals surface area contributed by atoms with E-state index in [-0.39, 0.29) is 6.04 Å². The third kappa shape index (κ3) is 3.25. The molecule has 17 heavy (non-hydrogen) atoms. The minimum absolute atomic E-state index is 0.250. The van der Waals surface area contributed by atoms with Gasteiger partial charge in [-0.15, -0.1) is 11.3 Å². The van der Waals surface area contributed by atoms with Crippen molar-refractivity contribution < 1.29 is 4.74 Å². The molecule has 0 aromatic carbocycles. The molecule has 2 aromatic heterocycles. The van der Waals surface area contributed by atoms with Gasteiger partial charge < -0.3 is 10.1 Å². The van der Waals surface area contributed by atoms with Gasteiger partial charge in [-0.1, -0.05) is 0 Å². The minimum Gasteiger partial charge on any atom is -0.481 e. The van der Waals surface area contributed by atoms with Crippen molar-refractivity contribution in [1.29, 1.82) is 0 Å². The number of pyridine rings is 1. The maximum atomic E-state index is 5.08. The van der Waals surface area contributed by atoms with Crippen LogP contribution in [0.2, 0.25) is 0 Å². The molecule has 0 saturated carbocycles. The van der Waals surface area contributed by atoms with Crippen LogP contribution < -0.4 is 10.1 Å². The number of hydrogen-bond donors (Lipinski definition) is 1. The van der Waals surface area contributed by atoms with E-state index in [2.05, 4.69) is 27.6 Å². The third-order valence-corrected chi connectivity index (χ3v) is 3.12. The molecule has 1 atom stereocenters. The first kappa shape index (κ1) is 12.0. The van der Waals surface area contributed by atoms with Gasteiger partial charge >= 0.3 is 0 Å². The van der Waals surface area contributed by atoms with E-state index in [1.54, 1.807) is 24.6 Å². The summed E-state index contributed by atoms with van der Waals surface area (Å²) in [6, 6.07) is 4.16. The number of hydrogen-bond acceptors (Lipinski definition) is 5. The zero-order chi connectivity index (χ0) is 12.1. The average molecular weight is 249 g/mol. The molecule has 0 bridgehead atoms. The predicted molar refractivity (Wildman–Crippen MR) is 68.2 cm³/mol. The molecule has 2 aromatic rings. The second-order valence-electron chi connectivity index (χ2n) is 3.72. The van der Waals surface area contributed by atoms with Gasteiger partial charge in [0.25, 0.3) is 0 Å². The predicted octanol–water partition coefficient (Wildman–Crippen LogP) is 2.40. The molecule has 2 heterocycles. The van der Waals surface area contributed by atoms with Crippen LogP contribution in [0.5, 0.6) is 5.88 Å². The lowest BCUT2D eigenvalue weighted by Crippen LogP contribution is -2.18. The molecule has 1 unspecified atom stereocenters. The van der Waals surface area contributed by atoms with Gasteiger partial charge in [-0.2, -0.15) is 0 Å². The highest BCUT2D eigenvalue weighted by atomic mass is 32.1. The molecule has 0 aliphatic carbocycles. The molecule has 0 amide bonds. The van der Waals surface area contributed by atoms with Gasteiger partial charge in [-0.25, -0.2) is 9.97 Å². The number of thiazole rings is 1. The minimum atomic E-state index is 0.250. The van der Waals surface area contributed by atoms with Crippen LogP contribution in [0.25, 0.3) is 0 Å². The summed E-state index contributed by atoms with van der Waals surface area (Å²) in [6.07, 6.45) is 1.75. The van der Waals surface area contributed by atoms with Crippen molar-refractivity contribution in [3.63, 3.8) is 0 Å². The summed E-state index contributed by atoms with van der Waals surface area (Å²) >= 11 is 1.61. The smallest absolute Gasteiger partial charge is 0.213 e. The Morgan fingerprint density at radius 3 is 3.06 bits per heavy atom. The summed E-state index contributed by atoms with van der Waals surface area (Å²) < 4.78 is 5.08. The SMILES string of the molecule is COc1cc(CNC(C)c2cscn2)ccn1. The Morgan fingerprint density at radius 2 is 2.35 bits per heavy atom. The monoisotopic (exact) mass is 249 g/mol. The van der Waals surface area contributed by atoms with E-state index in [9.17, 15) is 0 Å². The number of methoxy groups -OCH3 is 1. The van der Waals surface area contributed by atoms with Gasteiger partial charge in [-0.3, -0.25) is 0 Å². The van der Waals surface area contributed by atoms with Gasteiger partial charge in [-0.05, 0) is 18.6 Å². The van der Waals surface area contributed by atoms with E-state index in [1.807, 2.05) is 17.6 Å². The Labute approximate surface area is 105 Å². The lowest BCUT2D eigenvalue weighted by molar-refractivity contribution is 0.397. The zero-order valence-corrected chi connectivity index (χ0v) is 10.7. The largest absolute Gasteiger partial charge is 0.481 e. The summed E-state index contributed by atoms with van der Waals surface area (Å²) in [7, 11) is 1.62. The van der Waals surface area contributed by atoms with E-state index >= 15 is 0 Å². The summed E-state index contributed by atoms with van der Waals surface area (Å²) in [6.45, 7) is 2.88. The molecule has 0 aliphatic heterocycles. The van der Waals surface area contributed by atoms with Crippen LogP contribution >= 0.6 is 11.3 Å². The summed E-state index contributed by atoms with van der Waals surface area (Å²) in [4.78, 5) is 8.36. The normalized spacial score (nSPS) is 12.4. The fourth-order valence-electron chi connectivity index (χ4n) is 1.48. The van der Waals surface area contributed by atoms with Crippen LogP contribution in [0.1, 0.15) is 24.2 Å². The number of rotatable bonds is 5. The molecule has 0 radical (unpaired) electrons. The van der Waals surface area contributed by atoms with Crippen molar-refractivity contribution in [1.82, 2.24) is 15.3 Å². The topological polar surface area (TPSA) is 47.0 Å². The molecule has 2 rings (SSSR count). The Kier molecular flexibility index (Phi) is 4.06.